The standard InChI is InChI=1S/C30H31FN6S.C2H6/c1-8-11-22(25-14-15-26(31)38-25)27-19(7)33-30(35-27)29-28-24(36-37-29)13-12-23(34-28)20(9-2)16-21(10-3)32-18(6)17(4)5;1-2/h8-17,32H,1,3,6H2,2,4-5,7H3,(H,33,35)(H,36,37);1-2H3/b20-9+,21-16+,22-11-;. The predicted molar refractivity (Wildman–Crippen MR) is 168 cm³/mol. The van der Waals surface area contributed by atoms with E-state index in [4.69, 9.17) is 9.97 Å². The molecule has 208 valence electrons. The van der Waals surface area contributed by atoms with Crippen LogP contribution in [-0.4, -0.2) is 25.1 Å². The Labute approximate surface area is 239 Å². The summed E-state index contributed by atoms with van der Waals surface area (Å²) < 4.78 is 13.8. The average molecular weight is 557 g/mol. The Morgan fingerprint density at radius 3 is 2.48 bits per heavy atom. The molecule has 0 spiro atoms. The molecule has 0 amide bonds. The number of aromatic amines is 2. The van der Waals surface area contributed by atoms with E-state index in [-0.39, 0.29) is 11.0 Å². The summed E-state index contributed by atoms with van der Waals surface area (Å²) in [5.74, 6) is 0.859. The van der Waals surface area contributed by atoms with E-state index in [1.165, 1.54) is 6.07 Å². The summed E-state index contributed by atoms with van der Waals surface area (Å²) in [6.45, 7) is 23.9. The lowest BCUT2D eigenvalue weighted by molar-refractivity contribution is 0.657. The minimum atomic E-state index is -0.254. The second-order valence-electron chi connectivity index (χ2n) is 9.00. The lowest BCUT2D eigenvalue weighted by Gasteiger charge is -2.14. The topological polar surface area (TPSA) is 82.3 Å². The van der Waals surface area contributed by atoms with E-state index in [0.29, 0.717) is 22.7 Å². The summed E-state index contributed by atoms with van der Waals surface area (Å²) >= 11 is 1.07. The fourth-order valence-electron chi connectivity index (χ4n) is 3.86. The summed E-state index contributed by atoms with van der Waals surface area (Å²) in [5, 5.41) is 10.6. The monoisotopic (exact) mass is 556 g/mol. The number of nitrogens with zero attached hydrogens (tertiary/aromatic N) is 3. The van der Waals surface area contributed by atoms with Crippen molar-refractivity contribution >= 4 is 33.5 Å². The fraction of sp³-hybridized carbons (Fsp3) is 0.219. The van der Waals surface area contributed by atoms with Gasteiger partial charge in [0.1, 0.15) is 5.52 Å². The number of nitrogens with one attached hydrogen (secondary N) is 3. The van der Waals surface area contributed by atoms with E-state index < -0.39 is 0 Å². The summed E-state index contributed by atoms with van der Waals surface area (Å²) in [6, 6.07) is 7.10. The van der Waals surface area contributed by atoms with Gasteiger partial charge in [-0.15, -0.1) is 11.3 Å². The number of pyridine rings is 1. The van der Waals surface area contributed by atoms with Gasteiger partial charge in [-0.25, -0.2) is 9.97 Å². The number of aromatic nitrogens is 5. The van der Waals surface area contributed by atoms with Crippen LogP contribution in [0.15, 0.2) is 85.8 Å². The van der Waals surface area contributed by atoms with E-state index in [9.17, 15) is 4.39 Å². The Morgan fingerprint density at radius 1 is 1.12 bits per heavy atom. The smallest absolute Gasteiger partial charge is 0.176 e. The molecule has 4 aromatic heterocycles. The molecule has 0 aromatic carbocycles. The van der Waals surface area contributed by atoms with Gasteiger partial charge < -0.3 is 10.3 Å². The van der Waals surface area contributed by atoms with Crippen LogP contribution < -0.4 is 5.32 Å². The van der Waals surface area contributed by atoms with E-state index in [2.05, 4.69) is 54.1 Å². The number of hydrogen-bond donors (Lipinski definition) is 3. The second-order valence-corrected chi connectivity index (χ2v) is 10.0. The van der Waals surface area contributed by atoms with E-state index in [1.807, 2.05) is 58.1 Å². The Kier molecular flexibility index (Phi) is 10.3. The van der Waals surface area contributed by atoms with Gasteiger partial charge in [-0.2, -0.15) is 9.49 Å². The lowest BCUT2D eigenvalue weighted by Crippen LogP contribution is -2.14. The summed E-state index contributed by atoms with van der Waals surface area (Å²) in [4.78, 5) is 13.9. The predicted octanol–water partition coefficient (Wildman–Crippen LogP) is 8.73. The largest absolute Gasteiger partial charge is 0.359 e. The van der Waals surface area contributed by atoms with Crippen LogP contribution in [0.2, 0.25) is 0 Å². The zero-order chi connectivity index (χ0) is 29.4. The van der Waals surface area contributed by atoms with Crippen molar-refractivity contribution in [2.75, 3.05) is 0 Å². The van der Waals surface area contributed by atoms with Gasteiger partial charge in [-0.3, -0.25) is 5.10 Å². The molecule has 0 bridgehead atoms. The molecule has 0 atom stereocenters. The molecule has 0 unspecified atom stereocenters. The van der Waals surface area contributed by atoms with Crippen LogP contribution >= 0.6 is 11.3 Å². The first-order chi connectivity index (χ1) is 19.2. The molecular weight excluding hydrogens is 519 g/mol. The van der Waals surface area contributed by atoms with E-state index in [1.54, 1.807) is 18.2 Å². The van der Waals surface area contributed by atoms with E-state index >= 15 is 0 Å². The van der Waals surface area contributed by atoms with Crippen LogP contribution in [0.25, 0.3) is 33.7 Å². The number of rotatable bonds is 10. The van der Waals surface area contributed by atoms with Gasteiger partial charge in [0.15, 0.2) is 16.6 Å². The van der Waals surface area contributed by atoms with Crippen LogP contribution in [0.3, 0.4) is 0 Å². The molecule has 8 heteroatoms. The van der Waals surface area contributed by atoms with Gasteiger partial charge in [0.2, 0.25) is 0 Å². The minimum absolute atomic E-state index is 0.254. The number of halogens is 1. The van der Waals surface area contributed by atoms with Gasteiger partial charge >= 0.3 is 0 Å². The Balaban J connectivity index is 0.00000216. The number of allylic oxidation sites excluding steroid dienone is 7. The van der Waals surface area contributed by atoms with Crippen molar-refractivity contribution in [1.29, 1.82) is 0 Å². The van der Waals surface area contributed by atoms with Crippen molar-refractivity contribution in [1.82, 2.24) is 30.5 Å². The third-order valence-corrected chi connectivity index (χ3v) is 6.94. The van der Waals surface area contributed by atoms with Crippen LogP contribution in [0.5, 0.6) is 0 Å². The SMILES string of the molecule is C=C/C=C(/c1ccc(F)s1)c1nc(-c2n[nH]c3ccc(C(/C=C(\C=C)NC(=C)C(C)C)=C/C)nc23)[nH]c1C.CC. The number of H-pyrrole nitrogens is 2. The Morgan fingerprint density at radius 2 is 1.88 bits per heavy atom. The van der Waals surface area contributed by atoms with Crippen molar-refractivity contribution in [3.63, 3.8) is 0 Å². The normalized spacial score (nSPS) is 12.3. The molecule has 0 radical (unpaired) electrons. The molecule has 0 saturated heterocycles. The quantitative estimate of drug-likeness (QED) is 0.171. The van der Waals surface area contributed by atoms with Crippen LogP contribution in [-0.2, 0) is 0 Å². The summed E-state index contributed by atoms with van der Waals surface area (Å²) in [5.41, 5.74) is 7.85. The number of imidazole rings is 1. The fourth-order valence-corrected chi connectivity index (χ4v) is 4.62. The average Bonchev–Trinajstić information content (AvgIpc) is 3.68. The summed E-state index contributed by atoms with van der Waals surface area (Å²) in [7, 11) is 0. The van der Waals surface area contributed by atoms with Crippen molar-refractivity contribution in [3.05, 3.63) is 113 Å². The second kappa shape index (κ2) is 13.7. The van der Waals surface area contributed by atoms with Gasteiger partial charge in [0.05, 0.1) is 16.9 Å². The molecule has 0 saturated carbocycles. The maximum Gasteiger partial charge on any atom is 0.176 e. The highest BCUT2D eigenvalue weighted by Gasteiger charge is 2.20. The summed E-state index contributed by atoms with van der Waals surface area (Å²) in [6.07, 6.45) is 9.27. The highest BCUT2D eigenvalue weighted by atomic mass is 32.1. The highest BCUT2D eigenvalue weighted by Crippen LogP contribution is 2.33. The maximum atomic E-state index is 13.8. The first-order valence-corrected chi connectivity index (χ1v) is 14.0. The van der Waals surface area contributed by atoms with Gasteiger partial charge in [-0.1, -0.05) is 65.7 Å². The zero-order valence-electron chi connectivity index (χ0n) is 24.0. The maximum absolute atomic E-state index is 13.8. The first-order valence-electron chi connectivity index (χ1n) is 13.2. The van der Waals surface area contributed by atoms with Gasteiger partial charge in [0.25, 0.3) is 0 Å². The van der Waals surface area contributed by atoms with Gasteiger partial charge in [-0.05, 0) is 61.8 Å². The lowest BCUT2D eigenvalue weighted by atomic mass is 10.1. The van der Waals surface area contributed by atoms with Crippen molar-refractivity contribution in [2.45, 2.75) is 41.5 Å². The molecular formula is C32H37FN6S. The molecule has 0 aliphatic heterocycles. The third-order valence-electron chi connectivity index (χ3n) is 6.03. The molecule has 40 heavy (non-hydrogen) atoms. The van der Waals surface area contributed by atoms with Crippen LogP contribution in [0.4, 0.5) is 4.39 Å². The minimum Gasteiger partial charge on any atom is -0.359 e. The first kappa shape index (κ1) is 30.2. The molecule has 4 heterocycles. The number of hydrogen-bond acceptors (Lipinski definition) is 5. The third kappa shape index (κ3) is 6.63. The highest BCUT2D eigenvalue weighted by molar-refractivity contribution is 7.11. The molecule has 0 fully saturated rings. The Hall–Kier alpha value is -4.30. The molecule has 0 aliphatic carbocycles. The number of fused-ring (bicyclic) bond motifs is 1. The van der Waals surface area contributed by atoms with Crippen molar-refractivity contribution in [3.8, 4) is 11.5 Å². The zero-order valence-corrected chi connectivity index (χ0v) is 24.8. The van der Waals surface area contributed by atoms with E-state index in [0.717, 1.165) is 55.7 Å². The molecule has 3 N–H and O–H groups in total. The van der Waals surface area contributed by atoms with Crippen molar-refractivity contribution in [2.24, 2.45) is 5.92 Å². The molecule has 0 aliphatic rings. The van der Waals surface area contributed by atoms with Gasteiger partial charge in [0, 0.05) is 27.5 Å². The molecule has 4 rings (SSSR count). The Bertz CT molecular complexity index is 1610. The number of thiophene rings is 1. The van der Waals surface area contributed by atoms with Crippen LogP contribution in [0, 0.1) is 18.0 Å². The van der Waals surface area contributed by atoms with Crippen LogP contribution in [0.1, 0.15) is 56.6 Å². The number of aryl methyl sites for hydroxylation is 1. The van der Waals surface area contributed by atoms with Crippen molar-refractivity contribution < 1.29 is 4.39 Å². The molecule has 4 aromatic rings. The molecule has 6 nitrogen and oxygen atoms in total.